The van der Waals surface area contributed by atoms with E-state index in [-0.39, 0.29) is 16.2 Å². The molecule has 3 aliphatic carbocycles. The predicted molar refractivity (Wildman–Crippen MR) is 262 cm³/mol. The molecule has 0 heterocycles. The molecule has 0 unspecified atom stereocenters. The molecule has 0 aliphatic heterocycles. The summed E-state index contributed by atoms with van der Waals surface area (Å²) in [5.74, 6) is 0. The molecule has 12 rings (SSSR count). The van der Waals surface area contributed by atoms with Crippen molar-refractivity contribution in [3.8, 4) is 55.6 Å². The molecule has 0 aromatic heterocycles. The van der Waals surface area contributed by atoms with Crippen molar-refractivity contribution in [3.63, 3.8) is 0 Å². The summed E-state index contributed by atoms with van der Waals surface area (Å²) in [4.78, 5) is 2.52. The van der Waals surface area contributed by atoms with Gasteiger partial charge in [0.25, 0.3) is 0 Å². The summed E-state index contributed by atoms with van der Waals surface area (Å²) in [6.45, 7) is 14.3. The van der Waals surface area contributed by atoms with E-state index in [9.17, 15) is 0 Å². The third kappa shape index (κ3) is 5.09. The van der Waals surface area contributed by atoms with Crippen molar-refractivity contribution >= 4 is 27.8 Å². The third-order valence-corrected chi connectivity index (χ3v) is 14.9. The van der Waals surface area contributed by atoms with Crippen LogP contribution in [-0.2, 0) is 16.2 Å². The molecule has 0 amide bonds. The molecule has 0 N–H and O–H groups in total. The van der Waals surface area contributed by atoms with Gasteiger partial charge >= 0.3 is 0 Å². The van der Waals surface area contributed by atoms with E-state index >= 15 is 0 Å². The van der Waals surface area contributed by atoms with Crippen LogP contribution in [0.4, 0.5) is 17.1 Å². The molecule has 9 aromatic rings. The first-order valence-electron chi connectivity index (χ1n) is 22.2. The average Bonchev–Trinajstić information content (AvgIpc) is 3.78. The summed E-state index contributed by atoms with van der Waals surface area (Å²) < 4.78 is 0. The van der Waals surface area contributed by atoms with Crippen LogP contribution in [0.15, 0.2) is 188 Å². The molecule has 0 radical (unpaired) electrons. The number of anilines is 3. The van der Waals surface area contributed by atoms with E-state index in [1.807, 2.05) is 0 Å². The van der Waals surface area contributed by atoms with Crippen LogP contribution in [0.1, 0.15) is 74.9 Å². The van der Waals surface area contributed by atoms with Crippen molar-refractivity contribution in [1.82, 2.24) is 0 Å². The third-order valence-electron chi connectivity index (χ3n) is 14.9. The topological polar surface area (TPSA) is 3.24 Å². The summed E-state index contributed by atoms with van der Waals surface area (Å²) in [5, 5.41) is 2.58. The first-order valence-corrected chi connectivity index (χ1v) is 22.2. The Bertz CT molecular complexity index is 3220. The minimum atomic E-state index is -0.148. The van der Waals surface area contributed by atoms with Crippen LogP contribution in [0.2, 0.25) is 0 Å². The smallest absolute Gasteiger partial charge is 0.0468 e. The fraction of sp³-hybridized carbons (Fsp3) is 0.148. The molecular weight excluding hydrogens is 747 g/mol. The predicted octanol–water partition coefficient (Wildman–Crippen LogP) is 16.6. The highest BCUT2D eigenvalue weighted by atomic mass is 15.1. The first-order chi connectivity index (χ1) is 30.0. The van der Waals surface area contributed by atoms with Crippen molar-refractivity contribution < 1.29 is 0 Å². The maximum atomic E-state index is 2.53. The van der Waals surface area contributed by atoms with Crippen molar-refractivity contribution in [1.29, 1.82) is 0 Å². The standard InChI is InChI=1S/C61H49N/c1-59(2)52-25-15-12-21-44(52)46-32-29-40(35-55(46)59)62(41-30-33-47-45-22-13-16-26-53(45)60(3,4)56(47)36-41)39-28-31-42(38-18-8-7-9-19-38)50(34-39)51-37-57-58(48-23-11-10-20-43(48)51)49-24-14-17-27-54(49)61(57,5)6/h7-37H,1-6H3. The summed E-state index contributed by atoms with van der Waals surface area (Å²) in [7, 11) is 0. The number of benzene rings is 9. The van der Waals surface area contributed by atoms with Gasteiger partial charge in [-0.3, -0.25) is 0 Å². The van der Waals surface area contributed by atoms with E-state index in [1.165, 1.54) is 99.8 Å². The van der Waals surface area contributed by atoms with Crippen molar-refractivity contribution in [2.75, 3.05) is 4.90 Å². The van der Waals surface area contributed by atoms with Crippen LogP contribution in [0.25, 0.3) is 66.4 Å². The molecule has 298 valence electrons. The van der Waals surface area contributed by atoms with Gasteiger partial charge < -0.3 is 4.90 Å². The molecule has 1 nitrogen and oxygen atoms in total. The zero-order chi connectivity index (χ0) is 42.1. The number of hydrogen-bond donors (Lipinski definition) is 0. The highest BCUT2D eigenvalue weighted by Crippen LogP contribution is 2.56. The van der Waals surface area contributed by atoms with Gasteiger partial charge in [0.15, 0.2) is 0 Å². The lowest BCUT2D eigenvalue weighted by Gasteiger charge is -2.30. The van der Waals surface area contributed by atoms with Crippen LogP contribution in [-0.4, -0.2) is 0 Å². The first kappa shape index (κ1) is 36.9. The number of nitrogens with zero attached hydrogens (tertiary/aromatic N) is 1. The second-order valence-corrected chi connectivity index (χ2v) is 19.3. The summed E-state index contributed by atoms with van der Waals surface area (Å²) in [5.41, 5.74) is 24.3. The van der Waals surface area contributed by atoms with Gasteiger partial charge in [-0.05, 0) is 142 Å². The highest BCUT2D eigenvalue weighted by Gasteiger charge is 2.39. The Morgan fingerprint density at radius 3 is 1.27 bits per heavy atom. The van der Waals surface area contributed by atoms with Gasteiger partial charge in [0.1, 0.15) is 0 Å². The van der Waals surface area contributed by atoms with Gasteiger partial charge in [0.2, 0.25) is 0 Å². The SMILES string of the molecule is CC1(C)c2ccccc2-c2ccc(N(c3ccc(-c4ccccc4)c(-c4cc5c(c6ccccc46)-c4ccccc4C5(C)C)c3)c3ccc4c(c3)C(C)(C)c3ccccc3-4)cc21. The molecule has 0 spiro atoms. The quantitative estimate of drug-likeness (QED) is 0.168. The molecule has 62 heavy (non-hydrogen) atoms. The van der Waals surface area contributed by atoms with Gasteiger partial charge in [-0.1, -0.05) is 187 Å². The fourth-order valence-corrected chi connectivity index (χ4v) is 11.6. The van der Waals surface area contributed by atoms with E-state index in [0.717, 1.165) is 17.1 Å². The number of hydrogen-bond acceptors (Lipinski definition) is 1. The van der Waals surface area contributed by atoms with Crippen LogP contribution >= 0.6 is 0 Å². The van der Waals surface area contributed by atoms with Crippen molar-refractivity contribution in [2.24, 2.45) is 0 Å². The van der Waals surface area contributed by atoms with Gasteiger partial charge in [-0.2, -0.15) is 0 Å². The average molecular weight is 796 g/mol. The largest absolute Gasteiger partial charge is 0.310 e. The van der Waals surface area contributed by atoms with E-state index in [0.29, 0.717) is 0 Å². The van der Waals surface area contributed by atoms with Gasteiger partial charge in [0, 0.05) is 33.3 Å². The second kappa shape index (κ2) is 13.0. The highest BCUT2D eigenvalue weighted by molar-refractivity contribution is 6.11. The Morgan fingerprint density at radius 2 is 0.694 bits per heavy atom. The Balaban J connectivity index is 1.13. The van der Waals surface area contributed by atoms with Gasteiger partial charge in [-0.25, -0.2) is 0 Å². The van der Waals surface area contributed by atoms with E-state index in [4.69, 9.17) is 0 Å². The van der Waals surface area contributed by atoms with Crippen LogP contribution in [0.5, 0.6) is 0 Å². The monoisotopic (exact) mass is 795 g/mol. The van der Waals surface area contributed by atoms with Crippen LogP contribution < -0.4 is 4.90 Å². The summed E-state index contributed by atoms with van der Waals surface area (Å²) >= 11 is 0. The molecule has 0 bridgehead atoms. The van der Waals surface area contributed by atoms with Crippen molar-refractivity contribution in [3.05, 3.63) is 221 Å². The Kier molecular flexibility index (Phi) is 7.74. The molecule has 1 heteroatoms. The minimum Gasteiger partial charge on any atom is -0.310 e. The lowest BCUT2D eigenvalue weighted by molar-refractivity contribution is 0.660. The van der Waals surface area contributed by atoms with Gasteiger partial charge in [0.05, 0.1) is 0 Å². The number of rotatable bonds is 5. The minimum absolute atomic E-state index is 0.134. The lowest BCUT2D eigenvalue weighted by atomic mass is 9.80. The normalized spacial score (nSPS) is 15.3. The summed E-state index contributed by atoms with van der Waals surface area (Å²) in [6.07, 6.45) is 0. The Labute approximate surface area is 366 Å². The molecule has 0 fully saturated rings. The lowest BCUT2D eigenvalue weighted by Crippen LogP contribution is -2.18. The zero-order valence-corrected chi connectivity index (χ0v) is 36.3. The van der Waals surface area contributed by atoms with Crippen molar-refractivity contribution in [2.45, 2.75) is 57.8 Å². The second-order valence-electron chi connectivity index (χ2n) is 19.3. The Morgan fingerprint density at radius 1 is 0.274 bits per heavy atom. The maximum absolute atomic E-state index is 2.53. The molecule has 9 aromatic carbocycles. The van der Waals surface area contributed by atoms with E-state index in [1.54, 1.807) is 0 Å². The summed E-state index contributed by atoms with van der Waals surface area (Å²) in [6, 6.07) is 71.0. The van der Waals surface area contributed by atoms with E-state index < -0.39 is 0 Å². The Hall–Kier alpha value is -6.96. The van der Waals surface area contributed by atoms with Gasteiger partial charge in [-0.15, -0.1) is 0 Å². The molecule has 0 atom stereocenters. The molecule has 3 aliphatic rings. The molecule has 0 saturated heterocycles. The van der Waals surface area contributed by atoms with Crippen LogP contribution in [0, 0.1) is 0 Å². The van der Waals surface area contributed by atoms with E-state index in [2.05, 4.69) is 234 Å². The zero-order valence-electron chi connectivity index (χ0n) is 36.3. The maximum Gasteiger partial charge on any atom is 0.0468 e. The fourth-order valence-electron chi connectivity index (χ4n) is 11.6. The van der Waals surface area contributed by atoms with Crippen LogP contribution in [0.3, 0.4) is 0 Å². The number of fused-ring (bicyclic) bond motifs is 11. The molecule has 0 saturated carbocycles. The molecular formula is C61H49N.